The molecule has 168 valence electrons. The molecule has 0 saturated carbocycles. The van der Waals surface area contributed by atoms with Crippen LogP contribution in [0.3, 0.4) is 0 Å². The van der Waals surface area contributed by atoms with Gasteiger partial charge in [0, 0.05) is 5.02 Å². The van der Waals surface area contributed by atoms with E-state index in [1.54, 1.807) is 42.5 Å². The number of rotatable bonds is 7. The van der Waals surface area contributed by atoms with Crippen LogP contribution < -0.4 is 9.62 Å². The summed E-state index contributed by atoms with van der Waals surface area (Å²) in [5, 5.41) is 3.33. The second-order valence-electron chi connectivity index (χ2n) is 7.96. The lowest BCUT2D eigenvalue weighted by molar-refractivity contribution is -0.120. The van der Waals surface area contributed by atoms with Gasteiger partial charge in [-0.05, 0) is 63.1 Å². The second-order valence-corrected chi connectivity index (χ2v) is 10.2. The smallest absolute Gasteiger partial charge is 0.264 e. The molecular formula is C25H27ClN2O3S. The highest BCUT2D eigenvalue weighted by Crippen LogP contribution is 2.28. The van der Waals surface area contributed by atoms with Crippen molar-refractivity contribution in [2.24, 2.45) is 0 Å². The maximum Gasteiger partial charge on any atom is 0.264 e. The fourth-order valence-electron chi connectivity index (χ4n) is 3.25. The van der Waals surface area contributed by atoms with E-state index in [1.807, 2.05) is 52.0 Å². The molecule has 1 N–H and O–H groups in total. The third-order valence-corrected chi connectivity index (χ3v) is 7.49. The lowest BCUT2D eigenvalue weighted by Gasteiger charge is -2.25. The predicted molar refractivity (Wildman–Crippen MR) is 130 cm³/mol. The van der Waals surface area contributed by atoms with Crippen molar-refractivity contribution in [1.29, 1.82) is 0 Å². The van der Waals surface area contributed by atoms with Crippen LogP contribution in [0.5, 0.6) is 0 Å². The zero-order valence-electron chi connectivity index (χ0n) is 18.6. The quantitative estimate of drug-likeness (QED) is 0.507. The zero-order chi connectivity index (χ0) is 23.5. The summed E-state index contributed by atoms with van der Waals surface area (Å²) in [6, 6.07) is 19.1. The number of carbonyl (C=O) groups excluding carboxylic acids is 1. The molecule has 7 heteroatoms. The Kier molecular flexibility index (Phi) is 7.26. The van der Waals surface area contributed by atoms with E-state index in [0.29, 0.717) is 10.7 Å². The Bertz CT molecular complexity index is 1210. The van der Waals surface area contributed by atoms with Crippen LogP contribution in [0.4, 0.5) is 5.69 Å². The first-order chi connectivity index (χ1) is 15.1. The topological polar surface area (TPSA) is 66.5 Å². The van der Waals surface area contributed by atoms with Crippen molar-refractivity contribution >= 4 is 33.2 Å². The van der Waals surface area contributed by atoms with Gasteiger partial charge in [-0.15, -0.1) is 0 Å². The second kappa shape index (κ2) is 9.76. The standard InChI is InChI=1S/C25H27ClN2O3S/c1-17-5-10-21(11-6-17)20(4)27-25(29)16-28(22-12-9-19(3)24(26)15-22)32(30,31)23-13-7-18(2)8-14-23/h5-15,20H,16H2,1-4H3,(H,27,29)/t20-/m0/s1. The molecule has 0 spiro atoms. The highest BCUT2D eigenvalue weighted by molar-refractivity contribution is 7.92. The average molecular weight is 471 g/mol. The Morgan fingerprint density at radius 1 is 0.938 bits per heavy atom. The molecule has 0 aliphatic heterocycles. The SMILES string of the molecule is Cc1ccc([C@H](C)NC(=O)CN(c2ccc(C)c(Cl)c2)S(=O)(=O)c2ccc(C)cc2)cc1. The fourth-order valence-corrected chi connectivity index (χ4v) is 4.83. The summed E-state index contributed by atoms with van der Waals surface area (Å²) in [6.45, 7) is 7.21. The maximum atomic E-state index is 13.5. The summed E-state index contributed by atoms with van der Waals surface area (Å²) in [4.78, 5) is 13.0. The summed E-state index contributed by atoms with van der Waals surface area (Å²) in [7, 11) is -3.99. The highest BCUT2D eigenvalue weighted by Gasteiger charge is 2.28. The Hall–Kier alpha value is -2.83. The van der Waals surface area contributed by atoms with Gasteiger partial charge in [-0.1, -0.05) is 65.2 Å². The molecule has 32 heavy (non-hydrogen) atoms. The van der Waals surface area contributed by atoms with Gasteiger partial charge in [0.25, 0.3) is 10.0 Å². The van der Waals surface area contributed by atoms with E-state index in [-0.39, 0.29) is 17.5 Å². The van der Waals surface area contributed by atoms with Crippen LogP contribution >= 0.6 is 11.6 Å². The van der Waals surface area contributed by atoms with Crippen LogP contribution in [0.25, 0.3) is 0 Å². The molecule has 0 aromatic heterocycles. The fraction of sp³-hybridized carbons (Fsp3) is 0.240. The minimum atomic E-state index is -3.99. The summed E-state index contributed by atoms with van der Waals surface area (Å²) in [6.07, 6.45) is 0. The van der Waals surface area contributed by atoms with Crippen LogP contribution in [0.2, 0.25) is 5.02 Å². The van der Waals surface area contributed by atoms with Gasteiger partial charge < -0.3 is 5.32 Å². The predicted octanol–water partition coefficient (Wildman–Crippen LogP) is 5.34. The van der Waals surface area contributed by atoms with Crippen molar-refractivity contribution < 1.29 is 13.2 Å². The summed E-state index contributed by atoms with van der Waals surface area (Å²) in [5.74, 6) is -0.412. The Morgan fingerprint density at radius 2 is 1.50 bits per heavy atom. The van der Waals surface area contributed by atoms with Gasteiger partial charge in [-0.25, -0.2) is 8.42 Å². The number of nitrogens with zero attached hydrogens (tertiary/aromatic N) is 1. The van der Waals surface area contributed by atoms with E-state index in [9.17, 15) is 13.2 Å². The van der Waals surface area contributed by atoms with E-state index in [2.05, 4.69) is 5.32 Å². The summed E-state index contributed by atoms with van der Waals surface area (Å²) >= 11 is 6.27. The highest BCUT2D eigenvalue weighted by atomic mass is 35.5. The molecule has 0 unspecified atom stereocenters. The first-order valence-electron chi connectivity index (χ1n) is 10.3. The molecule has 0 saturated heterocycles. The number of carbonyl (C=O) groups is 1. The van der Waals surface area contributed by atoms with Crippen LogP contribution in [-0.2, 0) is 14.8 Å². The molecule has 0 bridgehead atoms. The lowest BCUT2D eigenvalue weighted by atomic mass is 10.1. The van der Waals surface area contributed by atoms with Crippen LogP contribution in [0.1, 0.15) is 35.2 Å². The van der Waals surface area contributed by atoms with E-state index < -0.39 is 15.9 Å². The van der Waals surface area contributed by atoms with Crippen molar-refractivity contribution in [3.63, 3.8) is 0 Å². The Morgan fingerprint density at radius 3 is 2.06 bits per heavy atom. The van der Waals surface area contributed by atoms with E-state index in [1.165, 1.54) is 0 Å². The Labute approximate surface area is 195 Å². The number of nitrogens with one attached hydrogen (secondary N) is 1. The molecular weight excluding hydrogens is 444 g/mol. The maximum absolute atomic E-state index is 13.5. The first-order valence-corrected chi connectivity index (χ1v) is 12.1. The number of halogens is 1. The number of sulfonamides is 1. The molecule has 0 aliphatic carbocycles. The van der Waals surface area contributed by atoms with Gasteiger partial charge in [0.2, 0.25) is 5.91 Å². The molecule has 3 aromatic rings. The number of hydrogen-bond donors (Lipinski definition) is 1. The number of benzene rings is 3. The average Bonchev–Trinajstić information content (AvgIpc) is 2.74. The van der Waals surface area contributed by atoms with Gasteiger partial charge in [0.05, 0.1) is 16.6 Å². The van der Waals surface area contributed by atoms with Gasteiger partial charge in [-0.3, -0.25) is 9.10 Å². The van der Waals surface area contributed by atoms with Gasteiger partial charge in [0.15, 0.2) is 0 Å². The molecule has 3 aromatic carbocycles. The largest absolute Gasteiger partial charge is 0.348 e. The minimum Gasteiger partial charge on any atom is -0.348 e. The van der Waals surface area contributed by atoms with Crippen molar-refractivity contribution in [3.8, 4) is 0 Å². The van der Waals surface area contributed by atoms with E-state index in [4.69, 9.17) is 11.6 Å². The van der Waals surface area contributed by atoms with Crippen molar-refractivity contribution in [2.75, 3.05) is 10.8 Å². The Balaban J connectivity index is 1.91. The molecule has 1 amide bonds. The van der Waals surface area contributed by atoms with Crippen molar-refractivity contribution in [2.45, 2.75) is 38.6 Å². The summed E-state index contributed by atoms with van der Waals surface area (Å²) in [5.41, 5.74) is 4.16. The van der Waals surface area contributed by atoms with Crippen LogP contribution in [0.15, 0.2) is 71.6 Å². The monoisotopic (exact) mass is 470 g/mol. The third kappa shape index (κ3) is 5.50. The third-order valence-electron chi connectivity index (χ3n) is 5.29. The van der Waals surface area contributed by atoms with Crippen molar-refractivity contribution in [1.82, 2.24) is 5.32 Å². The molecule has 3 rings (SSSR count). The number of amides is 1. The lowest BCUT2D eigenvalue weighted by Crippen LogP contribution is -2.41. The first kappa shape index (κ1) is 23.8. The van der Waals surface area contributed by atoms with Crippen molar-refractivity contribution in [3.05, 3.63) is 94.0 Å². The number of aryl methyl sites for hydroxylation is 3. The number of anilines is 1. The number of hydrogen-bond acceptors (Lipinski definition) is 3. The van der Waals surface area contributed by atoms with Crippen LogP contribution in [0, 0.1) is 20.8 Å². The normalized spacial score (nSPS) is 12.3. The molecule has 0 fully saturated rings. The molecule has 5 nitrogen and oxygen atoms in total. The van der Waals surface area contributed by atoms with Gasteiger partial charge in [0.1, 0.15) is 6.54 Å². The van der Waals surface area contributed by atoms with Gasteiger partial charge in [-0.2, -0.15) is 0 Å². The molecule has 0 aliphatic rings. The van der Waals surface area contributed by atoms with E-state index >= 15 is 0 Å². The zero-order valence-corrected chi connectivity index (χ0v) is 20.2. The van der Waals surface area contributed by atoms with Gasteiger partial charge >= 0.3 is 0 Å². The van der Waals surface area contributed by atoms with Crippen LogP contribution in [-0.4, -0.2) is 20.9 Å². The molecule has 1 atom stereocenters. The van der Waals surface area contributed by atoms with E-state index in [0.717, 1.165) is 26.6 Å². The minimum absolute atomic E-state index is 0.110. The molecule has 0 heterocycles. The summed E-state index contributed by atoms with van der Waals surface area (Å²) < 4.78 is 28.0. The molecule has 0 radical (unpaired) electrons.